The third kappa shape index (κ3) is 3.90. The predicted molar refractivity (Wildman–Crippen MR) is 116 cm³/mol. The van der Waals surface area contributed by atoms with E-state index in [0.29, 0.717) is 36.3 Å². The largest absolute Gasteiger partial charge is 0.462 e. The molecule has 4 nitrogen and oxygen atoms in total. The SMILES string of the molecule is CCCC(=O)Oc1ccc2c(c1)CC[C@@H]1[C@@H]2CC[C@]2(C)C(OC(=O)CCC)CC[C@@H]12. The fourth-order valence-corrected chi connectivity index (χ4v) is 6.58. The van der Waals surface area contributed by atoms with Crippen molar-refractivity contribution in [3.63, 3.8) is 0 Å². The molecule has 5 atom stereocenters. The number of aryl methyl sites for hydroxylation is 1. The molecular weight excluding hydrogens is 376 g/mol. The fourth-order valence-electron chi connectivity index (χ4n) is 6.58. The Kier molecular flexibility index (Phi) is 6.22. The minimum Gasteiger partial charge on any atom is -0.462 e. The van der Waals surface area contributed by atoms with E-state index >= 15 is 0 Å². The van der Waals surface area contributed by atoms with Crippen molar-refractivity contribution < 1.29 is 19.1 Å². The van der Waals surface area contributed by atoms with Gasteiger partial charge in [0.1, 0.15) is 11.9 Å². The standard InChI is InChI=1S/C26H36O4/c1-4-6-24(27)29-18-9-11-19-17(16-18)8-10-21-20(19)14-15-26(3)22(21)12-13-23(26)30-25(28)7-5-2/h9,11,16,20-23H,4-8,10,12-15H2,1-3H3/t20-,21-,22+,23?,26+/m1/s1. The van der Waals surface area contributed by atoms with Crippen molar-refractivity contribution in [2.24, 2.45) is 17.3 Å². The van der Waals surface area contributed by atoms with Gasteiger partial charge in [-0.3, -0.25) is 9.59 Å². The highest BCUT2D eigenvalue weighted by atomic mass is 16.5. The Labute approximate surface area is 180 Å². The van der Waals surface area contributed by atoms with Crippen LogP contribution in [0, 0.1) is 17.3 Å². The van der Waals surface area contributed by atoms with Crippen LogP contribution in [-0.2, 0) is 20.7 Å². The van der Waals surface area contributed by atoms with Gasteiger partial charge in [-0.15, -0.1) is 0 Å². The molecule has 0 radical (unpaired) electrons. The maximum absolute atomic E-state index is 12.2. The van der Waals surface area contributed by atoms with Crippen LogP contribution < -0.4 is 4.74 Å². The first-order valence-electron chi connectivity index (χ1n) is 12.0. The summed E-state index contributed by atoms with van der Waals surface area (Å²) in [6, 6.07) is 6.28. The Balaban J connectivity index is 1.49. The Morgan fingerprint density at radius 2 is 1.80 bits per heavy atom. The number of ether oxygens (including phenoxy) is 2. The molecule has 0 amide bonds. The summed E-state index contributed by atoms with van der Waals surface area (Å²) in [4.78, 5) is 24.0. The molecular formula is C26H36O4. The second-order valence-electron chi connectivity index (χ2n) is 9.85. The van der Waals surface area contributed by atoms with Crippen LogP contribution in [0.4, 0.5) is 0 Å². The second kappa shape index (κ2) is 8.72. The number of benzene rings is 1. The van der Waals surface area contributed by atoms with Crippen molar-refractivity contribution in [3.05, 3.63) is 29.3 Å². The lowest BCUT2D eigenvalue weighted by Gasteiger charge is -2.50. The summed E-state index contributed by atoms with van der Waals surface area (Å²) in [6.07, 6.45) is 9.42. The maximum Gasteiger partial charge on any atom is 0.311 e. The molecule has 4 rings (SSSR count). The van der Waals surface area contributed by atoms with Crippen molar-refractivity contribution in [3.8, 4) is 5.75 Å². The van der Waals surface area contributed by atoms with E-state index in [1.807, 2.05) is 19.9 Å². The second-order valence-corrected chi connectivity index (χ2v) is 9.85. The lowest BCUT2D eigenvalue weighted by atomic mass is 9.55. The lowest BCUT2D eigenvalue weighted by Crippen LogP contribution is -2.45. The van der Waals surface area contributed by atoms with Crippen molar-refractivity contribution in [2.45, 2.75) is 97.0 Å². The molecule has 164 valence electrons. The maximum atomic E-state index is 12.2. The summed E-state index contributed by atoms with van der Waals surface area (Å²) < 4.78 is 11.5. The van der Waals surface area contributed by atoms with E-state index in [9.17, 15) is 9.59 Å². The summed E-state index contributed by atoms with van der Waals surface area (Å²) in [5.74, 6) is 2.40. The number of rotatable bonds is 6. The van der Waals surface area contributed by atoms with Crippen molar-refractivity contribution >= 4 is 11.9 Å². The summed E-state index contributed by atoms with van der Waals surface area (Å²) >= 11 is 0. The van der Waals surface area contributed by atoms with Gasteiger partial charge in [0, 0.05) is 18.3 Å². The molecule has 0 N–H and O–H groups in total. The Morgan fingerprint density at radius 3 is 2.57 bits per heavy atom. The van der Waals surface area contributed by atoms with E-state index < -0.39 is 0 Å². The lowest BCUT2D eigenvalue weighted by molar-refractivity contribution is -0.157. The van der Waals surface area contributed by atoms with E-state index in [0.717, 1.165) is 38.5 Å². The fraction of sp³-hybridized carbons (Fsp3) is 0.692. The van der Waals surface area contributed by atoms with Crippen LogP contribution >= 0.6 is 0 Å². The summed E-state index contributed by atoms with van der Waals surface area (Å²) in [7, 11) is 0. The Hall–Kier alpha value is -1.84. The zero-order valence-corrected chi connectivity index (χ0v) is 18.7. The van der Waals surface area contributed by atoms with Crippen LogP contribution in [-0.4, -0.2) is 18.0 Å². The molecule has 0 saturated heterocycles. The van der Waals surface area contributed by atoms with Crippen LogP contribution in [0.15, 0.2) is 18.2 Å². The van der Waals surface area contributed by atoms with E-state index in [-0.39, 0.29) is 23.5 Å². The van der Waals surface area contributed by atoms with Gasteiger partial charge >= 0.3 is 11.9 Å². The monoisotopic (exact) mass is 412 g/mol. The first kappa shape index (κ1) is 21.4. The molecule has 3 aliphatic rings. The van der Waals surface area contributed by atoms with Crippen molar-refractivity contribution in [1.82, 2.24) is 0 Å². The quantitative estimate of drug-likeness (QED) is 0.427. The van der Waals surface area contributed by atoms with Gasteiger partial charge in [-0.25, -0.2) is 0 Å². The number of hydrogen-bond donors (Lipinski definition) is 0. The van der Waals surface area contributed by atoms with Gasteiger partial charge < -0.3 is 9.47 Å². The van der Waals surface area contributed by atoms with Gasteiger partial charge in [-0.2, -0.15) is 0 Å². The third-order valence-corrected chi connectivity index (χ3v) is 8.02. The van der Waals surface area contributed by atoms with Gasteiger partial charge in [0.05, 0.1) is 0 Å². The van der Waals surface area contributed by atoms with Crippen LogP contribution in [0.2, 0.25) is 0 Å². The third-order valence-electron chi connectivity index (χ3n) is 8.02. The molecule has 3 aliphatic carbocycles. The molecule has 0 heterocycles. The van der Waals surface area contributed by atoms with Crippen LogP contribution in [0.25, 0.3) is 0 Å². The molecule has 0 aliphatic heterocycles. The number of esters is 2. The molecule has 1 unspecified atom stereocenters. The average molecular weight is 413 g/mol. The molecule has 0 bridgehead atoms. The highest BCUT2D eigenvalue weighted by Gasteiger charge is 2.56. The molecule has 0 aromatic heterocycles. The summed E-state index contributed by atoms with van der Waals surface area (Å²) in [5.41, 5.74) is 2.93. The zero-order chi connectivity index (χ0) is 21.3. The average Bonchev–Trinajstić information content (AvgIpc) is 3.04. The Morgan fingerprint density at radius 1 is 1.03 bits per heavy atom. The van der Waals surface area contributed by atoms with Crippen molar-refractivity contribution in [1.29, 1.82) is 0 Å². The highest BCUT2D eigenvalue weighted by molar-refractivity contribution is 5.72. The number of fused-ring (bicyclic) bond motifs is 5. The first-order valence-corrected chi connectivity index (χ1v) is 12.0. The molecule has 30 heavy (non-hydrogen) atoms. The molecule has 4 heteroatoms. The summed E-state index contributed by atoms with van der Waals surface area (Å²) in [5, 5.41) is 0. The number of carbonyl (C=O) groups is 2. The van der Waals surface area contributed by atoms with Crippen molar-refractivity contribution in [2.75, 3.05) is 0 Å². The first-order chi connectivity index (χ1) is 14.5. The van der Waals surface area contributed by atoms with E-state index in [1.165, 1.54) is 24.0 Å². The van der Waals surface area contributed by atoms with Gasteiger partial charge in [-0.1, -0.05) is 26.8 Å². The van der Waals surface area contributed by atoms with E-state index in [4.69, 9.17) is 9.47 Å². The van der Waals surface area contributed by atoms with Gasteiger partial charge in [-0.05, 0) is 92.4 Å². The molecule has 2 saturated carbocycles. The molecule has 1 aromatic rings. The molecule has 2 fully saturated rings. The molecule has 1 aromatic carbocycles. The number of hydrogen-bond acceptors (Lipinski definition) is 4. The van der Waals surface area contributed by atoms with Gasteiger partial charge in [0.2, 0.25) is 0 Å². The summed E-state index contributed by atoms with van der Waals surface area (Å²) in [6.45, 7) is 6.39. The van der Waals surface area contributed by atoms with Crippen LogP contribution in [0.1, 0.15) is 95.6 Å². The highest BCUT2D eigenvalue weighted by Crippen LogP contribution is 2.61. The minimum absolute atomic E-state index is 0.0226. The predicted octanol–water partition coefficient (Wildman–Crippen LogP) is 5.96. The Bertz CT molecular complexity index is 800. The van der Waals surface area contributed by atoms with Gasteiger partial charge in [0.15, 0.2) is 0 Å². The minimum atomic E-state index is -0.144. The van der Waals surface area contributed by atoms with E-state index in [1.54, 1.807) is 0 Å². The zero-order valence-electron chi connectivity index (χ0n) is 18.7. The van der Waals surface area contributed by atoms with E-state index in [2.05, 4.69) is 19.1 Å². The van der Waals surface area contributed by atoms with Gasteiger partial charge in [0.25, 0.3) is 0 Å². The smallest absolute Gasteiger partial charge is 0.311 e. The topological polar surface area (TPSA) is 52.6 Å². The normalized spacial score (nSPS) is 32.0. The number of carbonyl (C=O) groups excluding carboxylic acids is 2. The van der Waals surface area contributed by atoms with Crippen LogP contribution in [0.3, 0.4) is 0 Å². The molecule has 0 spiro atoms. The van der Waals surface area contributed by atoms with Crippen LogP contribution in [0.5, 0.6) is 5.75 Å².